The van der Waals surface area contributed by atoms with E-state index in [0.717, 1.165) is 5.56 Å². The molecule has 1 unspecified atom stereocenters. The van der Waals surface area contributed by atoms with Crippen LogP contribution >= 0.6 is 47.0 Å². The number of thiocarbonyl (C=S) groups is 1. The molecule has 0 aromatic heterocycles. The topological polar surface area (TPSA) is 73.4 Å². The number of rotatable bonds is 5. The lowest BCUT2D eigenvalue weighted by Crippen LogP contribution is -2.55. The number of nitrogens with one attached hydrogen (secondary N) is 3. The minimum Gasteiger partial charge on any atom is -0.508 e. The second-order valence-corrected chi connectivity index (χ2v) is 8.15. The number of carbonyl (C=O) groups excluding carboxylic acids is 1. The maximum Gasteiger partial charge on any atom is 0.245 e. The summed E-state index contributed by atoms with van der Waals surface area (Å²) in [4.78, 5) is 12.1. The lowest BCUT2D eigenvalue weighted by atomic mass is 10.2. The van der Waals surface area contributed by atoms with E-state index in [1.54, 1.807) is 18.2 Å². The molecule has 0 spiro atoms. The normalized spacial score (nSPS) is 12.4. The van der Waals surface area contributed by atoms with Crippen LogP contribution in [0.2, 0.25) is 0 Å². The van der Waals surface area contributed by atoms with E-state index >= 15 is 0 Å². The van der Waals surface area contributed by atoms with Crippen molar-refractivity contribution < 1.29 is 9.90 Å². The van der Waals surface area contributed by atoms with Gasteiger partial charge in [-0.05, 0) is 48.1 Å². The van der Waals surface area contributed by atoms with Crippen LogP contribution in [0.4, 0.5) is 5.69 Å². The molecule has 1 amide bonds. The Morgan fingerprint density at radius 2 is 1.67 bits per heavy atom. The monoisotopic (exact) mass is 443 g/mol. The van der Waals surface area contributed by atoms with Crippen LogP contribution in [0.1, 0.15) is 5.56 Å². The Morgan fingerprint density at radius 1 is 1.04 bits per heavy atom. The summed E-state index contributed by atoms with van der Waals surface area (Å²) in [6.07, 6.45) is 1.89. The third-order valence-corrected chi connectivity index (χ3v) is 4.12. The molecule has 2 aromatic rings. The molecule has 2 aromatic carbocycles. The van der Waals surface area contributed by atoms with Crippen LogP contribution < -0.4 is 16.0 Å². The number of carbonyl (C=O) groups is 1. The van der Waals surface area contributed by atoms with Gasteiger partial charge < -0.3 is 21.1 Å². The van der Waals surface area contributed by atoms with Crippen LogP contribution in [0.15, 0.2) is 60.7 Å². The fourth-order valence-corrected chi connectivity index (χ4v) is 2.53. The van der Waals surface area contributed by atoms with Crippen LogP contribution in [0.3, 0.4) is 0 Å². The number of halogens is 3. The van der Waals surface area contributed by atoms with Crippen molar-refractivity contribution in [3.05, 3.63) is 66.2 Å². The Morgan fingerprint density at radius 3 is 2.26 bits per heavy atom. The third kappa shape index (κ3) is 7.64. The number of anilines is 1. The number of benzene rings is 2. The lowest BCUT2D eigenvalue weighted by Gasteiger charge is -2.27. The molecule has 9 heteroatoms. The summed E-state index contributed by atoms with van der Waals surface area (Å²) >= 11 is 23.0. The average molecular weight is 445 g/mol. The standard InChI is InChI=1S/C18H16Cl3N3O2S/c19-18(20,21)16(23-15(26)11-6-12-4-2-1-3-5-12)24-17(27)22-13-7-9-14(25)10-8-13/h1-11,16,25H,(H,23,26)(H2,22,24,27)/b11-6+. The number of aromatic hydroxyl groups is 1. The average Bonchev–Trinajstić information content (AvgIpc) is 2.61. The summed E-state index contributed by atoms with van der Waals surface area (Å²) in [6.45, 7) is 0. The Labute approximate surface area is 177 Å². The first-order valence-electron chi connectivity index (χ1n) is 7.71. The smallest absolute Gasteiger partial charge is 0.245 e. The molecular formula is C18H16Cl3N3O2S. The van der Waals surface area contributed by atoms with Crippen molar-refractivity contribution in [2.45, 2.75) is 9.96 Å². The number of phenolic OH excluding ortho intramolecular Hbond substituents is 1. The van der Waals surface area contributed by atoms with Gasteiger partial charge in [-0.3, -0.25) is 4.79 Å². The Hall–Kier alpha value is -1.99. The maximum absolute atomic E-state index is 12.1. The first kappa shape index (κ1) is 21.3. The Kier molecular flexibility index (Phi) is 7.74. The zero-order valence-electron chi connectivity index (χ0n) is 13.8. The molecule has 1 atom stereocenters. The summed E-state index contributed by atoms with van der Waals surface area (Å²) in [5.74, 6) is -0.342. The summed E-state index contributed by atoms with van der Waals surface area (Å²) in [5, 5.41) is 17.6. The molecular weight excluding hydrogens is 429 g/mol. The lowest BCUT2D eigenvalue weighted by molar-refractivity contribution is -0.117. The summed E-state index contributed by atoms with van der Waals surface area (Å²) in [6, 6.07) is 15.5. The maximum atomic E-state index is 12.1. The van der Waals surface area contributed by atoms with E-state index in [-0.39, 0.29) is 10.9 Å². The molecule has 0 saturated carbocycles. The van der Waals surface area contributed by atoms with Gasteiger partial charge in [-0.25, -0.2) is 0 Å². The molecule has 0 heterocycles. The van der Waals surface area contributed by atoms with Crippen LogP contribution in [0.25, 0.3) is 6.08 Å². The van der Waals surface area contributed by atoms with Crippen molar-refractivity contribution in [3.63, 3.8) is 0 Å². The minimum absolute atomic E-state index is 0.121. The highest BCUT2D eigenvalue weighted by molar-refractivity contribution is 7.80. The van der Waals surface area contributed by atoms with Gasteiger partial charge in [-0.1, -0.05) is 65.1 Å². The van der Waals surface area contributed by atoms with Gasteiger partial charge in [0.1, 0.15) is 11.9 Å². The van der Waals surface area contributed by atoms with Crippen molar-refractivity contribution in [2.75, 3.05) is 5.32 Å². The first-order chi connectivity index (χ1) is 12.7. The summed E-state index contributed by atoms with van der Waals surface area (Å²) < 4.78 is -1.85. The first-order valence-corrected chi connectivity index (χ1v) is 9.25. The van der Waals surface area contributed by atoms with Gasteiger partial charge in [-0.15, -0.1) is 0 Å². The molecule has 4 N–H and O–H groups in total. The fourth-order valence-electron chi connectivity index (χ4n) is 1.97. The predicted molar refractivity (Wildman–Crippen MR) is 115 cm³/mol. The fraction of sp³-hybridized carbons (Fsp3) is 0.111. The molecule has 0 bridgehead atoms. The second kappa shape index (κ2) is 9.80. The zero-order chi connectivity index (χ0) is 19.9. The second-order valence-electron chi connectivity index (χ2n) is 5.37. The van der Waals surface area contributed by atoms with E-state index in [0.29, 0.717) is 5.69 Å². The van der Waals surface area contributed by atoms with E-state index in [4.69, 9.17) is 47.0 Å². The van der Waals surface area contributed by atoms with Crippen molar-refractivity contribution in [1.82, 2.24) is 10.6 Å². The molecule has 2 rings (SSSR count). The van der Waals surface area contributed by atoms with Crippen molar-refractivity contribution in [1.29, 1.82) is 0 Å². The molecule has 142 valence electrons. The molecule has 5 nitrogen and oxygen atoms in total. The van der Waals surface area contributed by atoms with Gasteiger partial charge in [0.15, 0.2) is 5.11 Å². The van der Waals surface area contributed by atoms with E-state index in [1.807, 2.05) is 30.3 Å². The van der Waals surface area contributed by atoms with Gasteiger partial charge in [0, 0.05) is 11.8 Å². The van der Waals surface area contributed by atoms with Crippen molar-refractivity contribution >= 4 is 69.8 Å². The number of phenols is 1. The van der Waals surface area contributed by atoms with Crippen LogP contribution in [0.5, 0.6) is 5.75 Å². The Balaban J connectivity index is 1.98. The summed E-state index contributed by atoms with van der Waals surface area (Å²) in [5.41, 5.74) is 1.47. The third-order valence-electron chi connectivity index (χ3n) is 3.24. The number of amides is 1. The molecule has 0 radical (unpaired) electrons. The Bertz CT molecular complexity index is 809. The van der Waals surface area contributed by atoms with Gasteiger partial charge in [-0.2, -0.15) is 0 Å². The highest BCUT2D eigenvalue weighted by Crippen LogP contribution is 2.29. The molecule has 27 heavy (non-hydrogen) atoms. The highest BCUT2D eigenvalue weighted by atomic mass is 35.6. The number of hydrogen-bond acceptors (Lipinski definition) is 3. The van der Waals surface area contributed by atoms with Crippen LogP contribution in [0, 0.1) is 0 Å². The van der Waals surface area contributed by atoms with Gasteiger partial charge in [0.05, 0.1) is 0 Å². The predicted octanol–water partition coefficient (Wildman–Crippen LogP) is 4.20. The van der Waals surface area contributed by atoms with E-state index in [2.05, 4.69) is 16.0 Å². The molecule has 0 saturated heterocycles. The number of alkyl halides is 3. The van der Waals surface area contributed by atoms with Crippen molar-refractivity contribution in [2.24, 2.45) is 0 Å². The molecule has 0 aliphatic rings. The number of hydrogen-bond donors (Lipinski definition) is 4. The molecule has 0 aliphatic carbocycles. The van der Waals surface area contributed by atoms with E-state index in [1.165, 1.54) is 18.2 Å². The quantitative estimate of drug-likeness (QED) is 0.183. The molecule has 0 fully saturated rings. The van der Waals surface area contributed by atoms with Gasteiger partial charge in [0.2, 0.25) is 9.70 Å². The SMILES string of the molecule is O=C(/C=C/c1ccccc1)NC(NC(=S)Nc1ccc(O)cc1)C(Cl)(Cl)Cl. The van der Waals surface area contributed by atoms with E-state index < -0.39 is 15.9 Å². The van der Waals surface area contributed by atoms with Crippen LogP contribution in [-0.2, 0) is 4.79 Å². The summed E-state index contributed by atoms with van der Waals surface area (Å²) in [7, 11) is 0. The van der Waals surface area contributed by atoms with Gasteiger partial charge in [0.25, 0.3) is 0 Å². The van der Waals surface area contributed by atoms with Crippen LogP contribution in [-0.4, -0.2) is 26.1 Å². The highest BCUT2D eigenvalue weighted by Gasteiger charge is 2.34. The zero-order valence-corrected chi connectivity index (χ0v) is 16.9. The minimum atomic E-state index is -1.85. The van der Waals surface area contributed by atoms with Crippen molar-refractivity contribution in [3.8, 4) is 5.75 Å². The van der Waals surface area contributed by atoms with Gasteiger partial charge >= 0.3 is 0 Å². The largest absolute Gasteiger partial charge is 0.508 e. The van der Waals surface area contributed by atoms with E-state index in [9.17, 15) is 9.90 Å². The molecule has 0 aliphatic heterocycles.